The van der Waals surface area contributed by atoms with E-state index in [2.05, 4.69) is 39.2 Å². The van der Waals surface area contributed by atoms with Crippen LogP contribution in [0.5, 0.6) is 28.7 Å². The number of amides is 2. The molecule has 2 aromatic carbocycles. The van der Waals surface area contributed by atoms with Crippen molar-refractivity contribution in [2.75, 3.05) is 48.6 Å². The Balaban J connectivity index is 1.86. The highest BCUT2D eigenvalue weighted by Gasteiger charge is 2.53. The van der Waals surface area contributed by atoms with Crippen LogP contribution in [0.3, 0.4) is 0 Å². The zero-order valence-electron chi connectivity index (χ0n) is 29.7. The average Bonchev–Trinajstić information content (AvgIpc) is 2.99. The normalized spacial score (nSPS) is 20.5. The van der Waals surface area contributed by atoms with Crippen molar-refractivity contribution in [2.24, 2.45) is 0 Å². The van der Waals surface area contributed by atoms with Crippen LogP contribution in [0.1, 0.15) is 66.2 Å². The van der Waals surface area contributed by atoms with Crippen molar-refractivity contribution in [3.63, 3.8) is 0 Å². The summed E-state index contributed by atoms with van der Waals surface area (Å²) in [5, 5.41) is 14.5. The van der Waals surface area contributed by atoms with Crippen molar-refractivity contribution in [2.45, 2.75) is 77.3 Å². The summed E-state index contributed by atoms with van der Waals surface area (Å²) in [6, 6.07) is 0.333. The highest BCUT2D eigenvalue weighted by molar-refractivity contribution is 6.74. The summed E-state index contributed by atoms with van der Waals surface area (Å²) in [4.78, 5) is 31.3. The van der Waals surface area contributed by atoms with E-state index in [0.29, 0.717) is 46.2 Å². The summed E-state index contributed by atoms with van der Waals surface area (Å²) < 4.78 is 29.9. The smallest absolute Gasteiger partial charge is 0.250 e. The number of phenolic OH excluding ortho intramolecular Hbond substituents is 1. The maximum Gasteiger partial charge on any atom is 0.250 e. The third-order valence-electron chi connectivity index (χ3n) is 10.4. The fourth-order valence-electron chi connectivity index (χ4n) is 7.02. The van der Waals surface area contributed by atoms with Gasteiger partial charge in [-0.3, -0.25) is 14.5 Å². The summed E-state index contributed by atoms with van der Waals surface area (Å²) in [5.41, 5.74) is 5.29. The Bertz CT molecular complexity index is 1650. The van der Waals surface area contributed by atoms with E-state index in [-0.39, 0.29) is 35.8 Å². The average molecular weight is 668 g/mol. The molecule has 3 heterocycles. The van der Waals surface area contributed by atoms with Gasteiger partial charge in [0.1, 0.15) is 12.4 Å². The Morgan fingerprint density at radius 3 is 2.23 bits per heavy atom. The van der Waals surface area contributed by atoms with Crippen LogP contribution in [-0.4, -0.2) is 89.7 Å². The minimum absolute atomic E-state index is 0.0602. The van der Waals surface area contributed by atoms with Crippen LogP contribution >= 0.6 is 0 Å². The van der Waals surface area contributed by atoms with Crippen LogP contribution in [0.4, 0.5) is 0 Å². The fourth-order valence-corrected chi connectivity index (χ4v) is 8.10. The van der Waals surface area contributed by atoms with Crippen molar-refractivity contribution >= 4 is 26.2 Å². The molecular formula is C35H49N3O8Si. The van der Waals surface area contributed by atoms with E-state index in [0.717, 1.165) is 22.3 Å². The van der Waals surface area contributed by atoms with Gasteiger partial charge in [-0.05, 0) is 62.7 Å². The maximum absolute atomic E-state index is 14.7. The first-order chi connectivity index (χ1) is 22.0. The Labute approximate surface area is 278 Å². The number of carbonyl (C=O) groups excluding carboxylic acids is 2. The molecule has 256 valence electrons. The van der Waals surface area contributed by atoms with Gasteiger partial charge in [-0.2, -0.15) is 0 Å². The zero-order chi connectivity index (χ0) is 34.7. The Morgan fingerprint density at radius 1 is 1.02 bits per heavy atom. The second-order valence-corrected chi connectivity index (χ2v) is 18.9. The lowest BCUT2D eigenvalue weighted by molar-refractivity contribution is -0.144. The van der Waals surface area contributed by atoms with Crippen molar-refractivity contribution < 1.29 is 38.1 Å². The summed E-state index contributed by atoms with van der Waals surface area (Å²) in [7, 11) is 5.68. The third-order valence-corrected chi connectivity index (χ3v) is 14.7. The van der Waals surface area contributed by atoms with E-state index in [1.54, 1.807) is 26.2 Å². The molecule has 3 aliphatic heterocycles. The highest BCUT2D eigenvalue weighted by atomic mass is 28.4. The topological polar surface area (TPSA) is 119 Å². The number of nitrogens with zero attached hydrogens (tertiary/aromatic N) is 2. The first kappa shape index (κ1) is 34.6. The number of hydrogen-bond acceptors (Lipinski definition) is 9. The molecule has 1 saturated heterocycles. The minimum atomic E-state index is -2.41. The number of nitrogens with one attached hydrogen (secondary N) is 1. The van der Waals surface area contributed by atoms with Gasteiger partial charge in [-0.1, -0.05) is 26.8 Å². The molecule has 3 atom stereocenters. The van der Waals surface area contributed by atoms with E-state index in [1.807, 2.05) is 37.9 Å². The molecule has 0 aromatic heterocycles. The Kier molecular flexibility index (Phi) is 9.10. The van der Waals surface area contributed by atoms with Crippen molar-refractivity contribution in [3.05, 3.63) is 45.1 Å². The molecule has 12 heteroatoms. The molecule has 47 heavy (non-hydrogen) atoms. The standard InChI is InChI=1S/C35H49N3O8Si/c1-18-13-20-14-23-34(41)38-22(28(37(23)6)26(20)29(40)30(18)43-8)15-21-27(24(38)16-36-25(39)17-42-7)33(45-10)32(44-9)19(2)31(21)46-47(11,12)35(3,4)5/h13,15,23-24,28,40H,14,16-17H2,1-12H3,(H,36,39)/t23-,24-,28+/m0/s1. The lowest BCUT2D eigenvalue weighted by Gasteiger charge is -2.53. The van der Waals surface area contributed by atoms with Crippen molar-refractivity contribution in [1.82, 2.24) is 15.1 Å². The van der Waals surface area contributed by atoms with E-state index < -0.39 is 26.4 Å². The number of fused-ring (bicyclic) bond motifs is 7. The molecule has 0 unspecified atom stereocenters. The number of carbonyl (C=O) groups is 2. The van der Waals surface area contributed by atoms with Gasteiger partial charge in [-0.15, -0.1) is 0 Å². The monoisotopic (exact) mass is 667 g/mol. The van der Waals surface area contributed by atoms with Crippen LogP contribution in [0, 0.1) is 13.8 Å². The highest BCUT2D eigenvalue weighted by Crippen LogP contribution is 2.58. The zero-order valence-corrected chi connectivity index (χ0v) is 30.7. The number of hydrogen-bond donors (Lipinski definition) is 2. The van der Waals surface area contributed by atoms with Crippen LogP contribution in [0.15, 0.2) is 11.8 Å². The van der Waals surface area contributed by atoms with E-state index in [4.69, 9.17) is 23.4 Å². The largest absolute Gasteiger partial charge is 0.543 e. The molecule has 1 fully saturated rings. The molecule has 11 nitrogen and oxygen atoms in total. The molecule has 0 spiro atoms. The van der Waals surface area contributed by atoms with Gasteiger partial charge in [0.05, 0.1) is 39.5 Å². The number of ether oxygens (including phenoxy) is 4. The molecule has 0 radical (unpaired) electrons. The number of likely N-dealkylation sites (N-methyl/N-ethyl adjacent to an activating group) is 1. The molecule has 2 N–H and O–H groups in total. The predicted molar refractivity (Wildman–Crippen MR) is 182 cm³/mol. The van der Waals surface area contributed by atoms with Gasteiger partial charge in [0.15, 0.2) is 23.0 Å². The van der Waals surface area contributed by atoms with E-state index in [1.165, 1.54) is 7.11 Å². The van der Waals surface area contributed by atoms with Crippen molar-refractivity contribution in [3.8, 4) is 28.7 Å². The number of phenols is 1. The summed E-state index contributed by atoms with van der Waals surface area (Å²) in [6.45, 7) is 14.7. The maximum atomic E-state index is 14.7. The molecule has 0 saturated carbocycles. The quantitative estimate of drug-likeness (QED) is 0.356. The summed E-state index contributed by atoms with van der Waals surface area (Å²) in [6.07, 6.45) is 2.41. The molecule has 5 rings (SSSR count). The first-order valence-electron chi connectivity index (χ1n) is 15.9. The lowest BCUT2D eigenvalue weighted by Crippen LogP contribution is -2.60. The number of piperazine rings is 1. The first-order valence-corrected chi connectivity index (χ1v) is 18.8. The Morgan fingerprint density at radius 2 is 1.66 bits per heavy atom. The number of methoxy groups -OCH3 is 4. The molecule has 2 amide bonds. The lowest BCUT2D eigenvalue weighted by atomic mass is 9.78. The SMILES string of the molecule is COCC(=O)NC[C@H]1c2c(c(O[Si](C)(C)C(C)(C)C)c(C)c(OC)c2OC)C=C2[C@@H]3c4c(cc(C)c(OC)c4O)C[C@@H](C(=O)N21)N3C. The molecular weight excluding hydrogens is 618 g/mol. The second-order valence-electron chi connectivity index (χ2n) is 14.2. The summed E-state index contributed by atoms with van der Waals surface area (Å²) in [5.74, 6) is 1.68. The van der Waals surface area contributed by atoms with Gasteiger partial charge < -0.3 is 38.7 Å². The number of aromatic hydroxyl groups is 1. The molecule has 0 aliphatic carbocycles. The van der Waals surface area contributed by atoms with Crippen molar-refractivity contribution in [1.29, 1.82) is 0 Å². The van der Waals surface area contributed by atoms with Crippen LogP contribution < -0.4 is 24.0 Å². The number of aryl methyl sites for hydroxylation is 1. The third kappa shape index (κ3) is 5.43. The number of benzene rings is 2. The van der Waals surface area contributed by atoms with E-state index >= 15 is 0 Å². The van der Waals surface area contributed by atoms with Crippen LogP contribution in [0.2, 0.25) is 18.1 Å². The van der Waals surface area contributed by atoms with Gasteiger partial charge in [0, 0.05) is 41.6 Å². The van der Waals surface area contributed by atoms with Gasteiger partial charge in [-0.25, -0.2) is 0 Å². The minimum Gasteiger partial charge on any atom is -0.543 e. The number of rotatable bonds is 9. The molecule has 2 aromatic rings. The fraction of sp³-hybridized carbons (Fsp3) is 0.543. The van der Waals surface area contributed by atoms with Crippen LogP contribution in [0.25, 0.3) is 6.08 Å². The van der Waals surface area contributed by atoms with Gasteiger partial charge in [0.2, 0.25) is 11.8 Å². The molecule has 2 bridgehead atoms. The summed E-state index contributed by atoms with van der Waals surface area (Å²) >= 11 is 0. The molecule has 3 aliphatic rings. The second kappa shape index (κ2) is 12.4. The van der Waals surface area contributed by atoms with Gasteiger partial charge >= 0.3 is 0 Å². The Hall–Kier alpha value is -3.74. The van der Waals surface area contributed by atoms with E-state index in [9.17, 15) is 14.7 Å². The predicted octanol–water partition coefficient (Wildman–Crippen LogP) is 5.02. The van der Waals surface area contributed by atoms with Crippen LogP contribution in [-0.2, 0) is 20.7 Å². The van der Waals surface area contributed by atoms with Gasteiger partial charge in [0.25, 0.3) is 8.32 Å².